The number of primary sulfonamides is 1. The van der Waals surface area contributed by atoms with Gasteiger partial charge in [-0.2, -0.15) is 0 Å². The first-order valence-electron chi connectivity index (χ1n) is 8.75. The highest BCUT2D eigenvalue weighted by Crippen LogP contribution is 2.34. The van der Waals surface area contributed by atoms with E-state index in [0.29, 0.717) is 12.8 Å². The molecule has 0 unspecified atom stereocenters. The van der Waals surface area contributed by atoms with Crippen LogP contribution in [0.2, 0.25) is 0 Å². The summed E-state index contributed by atoms with van der Waals surface area (Å²) in [4.78, 5) is 49.2. The first-order valence-corrected chi connectivity index (χ1v) is 10.3. The van der Waals surface area contributed by atoms with E-state index in [1.165, 1.54) is 18.2 Å². The van der Waals surface area contributed by atoms with Crippen LogP contribution in [0, 0.1) is 11.8 Å². The van der Waals surface area contributed by atoms with Gasteiger partial charge in [-0.1, -0.05) is 18.2 Å². The van der Waals surface area contributed by atoms with Gasteiger partial charge >= 0.3 is 5.97 Å². The van der Waals surface area contributed by atoms with Crippen LogP contribution < -0.4 is 10.5 Å². The Morgan fingerprint density at radius 1 is 1.14 bits per heavy atom. The average Bonchev–Trinajstić information content (AvgIpc) is 2.91. The monoisotopic (exact) mass is 421 g/mol. The lowest BCUT2D eigenvalue weighted by Crippen LogP contribution is -2.37. The molecule has 0 bridgehead atoms. The number of allylic oxidation sites excluding steroid dienone is 2. The zero-order chi connectivity index (χ0) is 21.2. The van der Waals surface area contributed by atoms with Gasteiger partial charge in [-0.05, 0) is 31.0 Å². The number of hydrogen-bond donors (Lipinski definition) is 2. The van der Waals surface area contributed by atoms with Gasteiger partial charge in [-0.3, -0.25) is 24.1 Å². The summed E-state index contributed by atoms with van der Waals surface area (Å²) in [6.07, 6.45) is 4.59. The summed E-state index contributed by atoms with van der Waals surface area (Å²) in [6, 6.07) is 5.25. The van der Waals surface area contributed by atoms with Crippen molar-refractivity contribution < 1.29 is 32.3 Å². The molecule has 3 rings (SSSR count). The van der Waals surface area contributed by atoms with Crippen molar-refractivity contribution in [2.45, 2.75) is 17.7 Å². The van der Waals surface area contributed by atoms with Gasteiger partial charge in [0.25, 0.3) is 5.91 Å². The van der Waals surface area contributed by atoms with Gasteiger partial charge in [-0.25, -0.2) is 13.6 Å². The zero-order valence-corrected chi connectivity index (χ0v) is 16.1. The third-order valence-electron chi connectivity index (χ3n) is 4.70. The quantitative estimate of drug-likeness (QED) is 0.365. The Kier molecular flexibility index (Phi) is 5.80. The summed E-state index contributed by atoms with van der Waals surface area (Å²) in [6.45, 7) is -1.22. The van der Waals surface area contributed by atoms with E-state index >= 15 is 0 Å². The second kappa shape index (κ2) is 8.13. The molecule has 0 spiro atoms. The second-order valence-corrected chi connectivity index (χ2v) is 8.26. The molecular formula is C18H19N3O7S. The van der Waals surface area contributed by atoms with E-state index in [1.54, 1.807) is 0 Å². The second-order valence-electron chi connectivity index (χ2n) is 6.70. The van der Waals surface area contributed by atoms with E-state index in [2.05, 4.69) is 5.32 Å². The normalized spacial score (nSPS) is 21.1. The van der Waals surface area contributed by atoms with E-state index in [-0.39, 0.29) is 10.6 Å². The number of hydrogen-bond acceptors (Lipinski definition) is 7. The number of rotatable bonds is 6. The fourth-order valence-corrected chi connectivity index (χ4v) is 3.85. The maximum atomic E-state index is 12.3. The van der Waals surface area contributed by atoms with Crippen molar-refractivity contribution in [1.82, 2.24) is 4.90 Å². The topological polar surface area (TPSA) is 153 Å². The summed E-state index contributed by atoms with van der Waals surface area (Å²) < 4.78 is 27.5. The van der Waals surface area contributed by atoms with Crippen LogP contribution in [0.1, 0.15) is 12.8 Å². The van der Waals surface area contributed by atoms with E-state index in [9.17, 15) is 27.6 Å². The molecule has 0 aromatic heterocycles. The molecule has 1 aromatic rings. The maximum Gasteiger partial charge on any atom is 0.326 e. The lowest BCUT2D eigenvalue weighted by Gasteiger charge is -2.14. The van der Waals surface area contributed by atoms with Crippen molar-refractivity contribution in [3.05, 3.63) is 36.4 Å². The molecule has 1 aromatic carbocycles. The molecule has 154 valence electrons. The molecule has 1 aliphatic heterocycles. The number of imide groups is 1. The number of carbonyl (C=O) groups is 4. The van der Waals surface area contributed by atoms with Gasteiger partial charge in [0.15, 0.2) is 6.61 Å². The number of fused-ring (bicyclic) bond motifs is 1. The molecule has 10 nitrogen and oxygen atoms in total. The van der Waals surface area contributed by atoms with Crippen LogP contribution in [-0.2, 0) is 33.9 Å². The number of amides is 3. The number of ether oxygens (including phenoxy) is 1. The Labute approximate surface area is 166 Å². The van der Waals surface area contributed by atoms with E-state index < -0.39 is 58.7 Å². The number of nitrogens with zero attached hydrogens (tertiary/aromatic N) is 1. The molecule has 3 amide bonds. The smallest absolute Gasteiger partial charge is 0.326 e. The number of esters is 1. The molecule has 1 aliphatic carbocycles. The number of benzene rings is 1. The van der Waals surface area contributed by atoms with Crippen molar-refractivity contribution >= 4 is 39.4 Å². The summed E-state index contributed by atoms with van der Waals surface area (Å²) in [5.74, 6) is -3.34. The van der Waals surface area contributed by atoms with Gasteiger partial charge in [0.2, 0.25) is 21.8 Å². The molecule has 11 heteroatoms. The van der Waals surface area contributed by atoms with E-state index in [4.69, 9.17) is 9.88 Å². The third kappa shape index (κ3) is 4.69. The van der Waals surface area contributed by atoms with Gasteiger partial charge in [0, 0.05) is 5.69 Å². The van der Waals surface area contributed by atoms with Crippen LogP contribution in [0.3, 0.4) is 0 Å². The van der Waals surface area contributed by atoms with E-state index in [0.717, 1.165) is 11.0 Å². The van der Waals surface area contributed by atoms with Crippen LogP contribution >= 0.6 is 0 Å². The van der Waals surface area contributed by atoms with Crippen molar-refractivity contribution in [2.75, 3.05) is 18.5 Å². The molecule has 2 atom stereocenters. The predicted octanol–water partition coefficient (Wildman–Crippen LogP) is -0.233. The number of sulfonamides is 1. The minimum absolute atomic E-state index is 0.152. The Morgan fingerprint density at radius 3 is 2.34 bits per heavy atom. The Morgan fingerprint density at radius 2 is 1.76 bits per heavy atom. The van der Waals surface area contributed by atoms with E-state index in [1.807, 2.05) is 12.2 Å². The summed E-state index contributed by atoms with van der Waals surface area (Å²) in [5, 5.41) is 7.39. The molecule has 3 N–H and O–H groups in total. The van der Waals surface area contributed by atoms with Gasteiger partial charge in [0.1, 0.15) is 6.54 Å². The van der Waals surface area contributed by atoms with Crippen molar-refractivity contribution in [1.29, 1.82) is 0 Å². The number of likely N-dealkylation sites (tertiary alicyclic amines) is 1. The third-order valence-corrected chi connectivity index (χ3v) is 5.61. The number of carbonyl (C=O) groups excluding carboxylic acids is 4. The Hall–Kier alpha value is -3.05. The van der Waals surface area contributed by atoms with Crippen molar-refractivity contribution in [3.63, 3.8) is 0 Å². The lowest BCUT2D eigenvalue weighted by molar-refractivity contribution is -0.154. The Bertz CT molecular complexity index is 976. The first kappa shape index (κ1) is 20.7. The number of nitrogens with two attached hydrogens (primary N) is 1. The maximum absolute atomic E-state index is 12.3. The average molecular weight is 421 g/mol. The standard InChI is InChI=1S/C18H19N3O7S/c19-29(26,27)12-5-3-4-11(8-12)20-15(22)10-28-16(23)9-21-17(24)13-6-1-2-7-14(13)18(21)25/h1-5,8,13-14H,6-7,9-10H2,(H,20,22)(H2,19,26,27)/t13-,14-/m0/s1. The van der Waals surface area contributed by atoms with Crippen molar-refractivity contribution in [2.24, 2.45) is 17.0 Å². The highest BCUT2D eigenvalue weighted by Gasteiger charge is 2.47. The van der Waals surface area contributed by atoms with Gasteiger partial charge < -0.3 is 10.1 Å². The predicted molar refractivity (Wildman–Crippen MR) is 99.5 cm³/mol. The number of nitrogens with one attached hydrogen (secondary N) is 1. The summed E-state index contributed by atoms with van der Waals surface area (Å²) >= 11 is 0. The minimum Gasteiger partial charge on any atom is -0.454 e. The summed E-state index contributed by atoms with van der Waals surface area (Å²) in [5.41, 5.74) is 0.152. The fourth-order valence-electron chi connectivity index (χ4n) is 3.29. The first-order chi connectivity index (χ1) is 13.7. The van der Waals surface area contributed by atoms with Gasteiger partial charge in [0.05, 0.1) is 16.7 Å². The number of anilines is 1. The molecule has 1 saturated heterocycles. The van der Waals surface area contributed by atoms with Crippen molar-refractivity contribution in [3.8, 4) is 0 Å². The largest absolute Gasteiger partial charge is 0.454 e. The molecule has 0 radical (unpaired) electrons. The minimum atomic E-state index is -3.93. The fraction of sp³-hybridized carbons (Fsp3) is 0.333. The molecular weight excluding hydrogens is 402 g/mol. The highest BCUT2D eigenvalue weighted by molar-refractivity contribution is 7.89. The zero-order valence-electron chi connectivity index (χ0n) is 15.2. The Balaban J connectivity index is 1.51. The lowest BCUT2D eigenvalue weighted by atomic mass is 9.85. The van der Waals surface area contributed by atoms with Crippen LogP contribution in [0.5, 0.6) is 0 Å². The molecule has 1 fully saturated rings. The van der Waals surface area contributed by atoms with Crippen LogP contribution in [0.15, 0.2) is 41.3 Å². The molecule has 2 aliphatic rings. The van der Waals surface area contributed by atoms with Crippen LogP contribution in [0.4, 0.5) is 5.69 Å². The summed E-state index contributed by atoms with van der Waals surface area (Å²) in [7, 11) is -3.93. The van der Waals surface area contributed by atoms with Gasteiger partial charge in [-0.15, -0.1) is 0 Å². The SMILES string of the molecule is NS(=O)(=O)c1cccc(NC(=O)COC(=O)CN2C(=O)[C@H]3CC=CC[C@@H]3C2=O)c1. The van der Waals surface area contributed by atoms with Crippen LogP contribution in [-0.4, -0.2) is 50.2 Å². The molecule has 0 saturated carbocycles. The highest BCUT2D eigenvalue weighted by atomic mass is 32.2. The van der Waals surface area contributed by atoms with Crippen LogP contribution in [0.25, 0.3) is 0 Å². The molecule has 29 heavy (non-hydrogen) atoms. The molecule has 1 heterocycles.